The van der Waals surface area contributed by atoms with Crippen molar-refractivity contribution >= 4 is 5.91 Å². The van der Waals surface area contributed by atoms with Gasteiger partial charge in [-0.15, -0.1) is 0 Å². The molecule has 4 atom stereocenters. The van der Waals surface area contributed by atoms with Crippen LogP contribution in [0.4, 0.5) is 0 Å². The number of hydrogen-bond donors (Lipinski definition) is 1. The first-order valence-corrected chi connectivity index (χ1v) is 8.00. The maximum atomic E-state index is 12.6. The third-order valence-corrected chi connectivity index (χ3v) is 5.20. The largest absolute Gasteiger partial charge is 0.349 e. The van der Waals surface area contributed by atoms with E-state index >= 15 is 0 Å². The van der Waals surface area contributed by atoms with Gasteiger partial charge in [0.2, 0.25) is 5.91 Å². The molecule has 0 radical (unpaired) electrons. The number of hydrogen-bond acceptors (Lipinski definition) is 1. The van der Waals surface area contributed by atoms with Crippen molar-refractivity contribution in [1.29, 1.82) is 0 Å². The maximum absolute atomic E-state index is 12.6. The van der Waals surface area contributed by atoms with Gasteiger partial charge in [0.1, 0.15) is 0 Å². The molecule has 1 N–H and O–H groups in total. The number of fused-ring (bicyclic) bond motifs is 2. The molecule has 2 heteroatoms. The highest BCUT2D eigenvalue weighted by molar-refractivity contribution is 5.80. The lowest BCUT2D eigenvalue weighted by molar-refractivity contribution is -0.127. The van der Waals surface area contributed by atoms with Crippen LogP contribution >= 0.6 is 0 Å². The molecule has 3 rings (SSSR count). The zero-order valence-corrected chi connectivity index (χ0v) is 12.5. The van der Waals surface area contributed by atoms with Crippen LogP contribution < -0.4 is 5.32 Å². The number of carbonyl (C=O) groups excluding carboxylic acids is 1. The minimum atomic E-state index is 0.142. The Hall–Kier alpha value is -1.31. The number of carbonyl (C=O) groups is 1. The third-order valence-electron chi connectivity index (χ3n) is 5.20. The maximum Gasteiger partial charge on any atom is 0.223 e. The Morgan fingerprint density at radius 1 is 1.15 bits per heavy atom. The van der Waals surface area contributed by atoms with Gasteiger partial charge < -0.3 is 5.32 Å². The lowest BCUT2D eigenvalue weighted by atomic mass is 9.87. The lowest BCUT2D eigenvalue weighted by Gasteiger charge is -2.27. The molecule has 2 bridgehead atoms. The van der Waals surface area contributed by atoms with E-state index in [9.17, 15) is 4.79 Å². The van der Waals surface area contributed by atoms with E-state index in [-0.39, 0.29) is 12.0 Å². The van der Waals surface area contributed by atoms with Crippen LogP contribution in [0.15, 0.2) is 30.3 Å². The van der Waals surface area contributed by atoms with Crippen molar-refractivity contribution in [2.75, 3.05) is 0 Å². The van der Waals surface area contributed by atoms with E-state index in [0.29, 0.717) is 17.7 Å². The normalized spacial score (nSPS) is 29.6. The summed E-state index contributed by atoms with van der Waals surface area (Å²) < 4.78 is 0. The van der Waals surface area contributed by atoms with Crippen molar-refractivity contribution in [1.82, 2.24) is 5.32 Å². The quantitative estimate of drug-likeness (QED) is 0.883. The molecule has 0 saturated heterocycles. The van der Waals surface area contributed by atoms with E-state index in [1.807, 2.05) is 18.2 Å². The summed E-state index contributed by atoms with van der Waals surface area (Å²) in [6.45, 7) is 4.36. The van der Waals surface area contributed by atoms with Crippen molar-refractivity contribution in [2.45, 2.75) is 45.6 Å². The van der Waals surface area contributed by atoms with Gasteiger partial charge in [-0.2, -0.15) is 0 Å². The Bertz CT molecular complexity index is 468. The van der Waals surface area contributed by atoms with Gasteiger partial charge >= 0.3 is 0 Å². The molecule has 4 unspecified atom stereocenters. The summed E-state index contributed by atoms with van der Waals surface area (Å²) in [5.41, 5.74) is 1.22. The summed E-state index contributed by atoms with van der Waals surface area (Å²) in [5, 5.41) is 3.32. The van der Waals surface area contributed by atoms with Crippen LogP contribution in [0.1, 0.15) is 51.1 Å². The molecule has 108 valence electrons. The average molecular weight is 271 g/mol. The summed E-state index contributed by atoms with van der Waals surface area (Å²) in [7, 11) is 0. The molecule has 2 nitrogen and oxygen atoms in total. The van der Waals surface area contributed by atoms with Crippen LogP contribution in [-0.4, -0.2) is 5.91 Å². The molecule has 0 spiro atoms. The third kappa shape index (κ3) is 2.61. The number of nitrogens with one attached hydrogen (secondary N) is 1. The lowest BCUT2D eigenvalue weighted by Crippen LogP contribution is -2.38. The molecule has 1 aromatic rings. The van der Waals surface area contributed by atoms with E-state index in [0.717, 1.165) is 12.3 Å². The standard InChI is InChI=1S/C18H25NO/c1-12(2)17(14-6-4-3-5-7-14)19-18(20)16-11-13-8-9-15(16)10-13/h3-7,12-13,15-17H,8-11H2,1-2H3,(H,19,20). The second kappa shape index (κ2) is 5.59. The highest BCUT2D eigenvalue weighted by atomic mass is 16.2. The van der Waals surface area contributed by atoms with E-state index in [2.05, 4.69) is 31.3 Å². The van der Waals surface area contributed by atoms with Crippen LogP contribution in [0.5, 0.6) is 0 Å². The first-order valence-electron chi connectivity index (χ1n) is 8.00. The molecule has 1 aromatic carbocycles. The van der Waals surface area contributed by atoms with Crippen LogP contribution in [0.2, 0.25) is 0 Å². The van der Waals surface area contributed by atoms with Gasteiger partial charge in [0, 0.05) is 5.92 Å². The summed E-state index contributed by atoms with van der Waals surface area (Å²) in [5.74, 6) is 2.46. The minimum absolute atomic E-state index is 0.142. The van der Waals surface area contributed by atoms with Crippen molar-refractivity contribution < 1.29 is 4.79 Å². The van der Waals surface area contributed by atoms with Crippen molar-refractivity contribution in [3.63, 3.8) is 0 Å². The Balaban J connectivity index is 1.69. The fourth-order valence-electron chi connectivity index (χ4n) is 4.12. The number of benzene rings is 1. The molecule has 0 aromatic heterocycles. The number of rotatable bonds is 4. The Morgan fingerprint density at radius 3 is 2.45 bits per heavy atom. The van der Waals surface area contributed by atoms with E-state index < -0.39 is 0 Å². The first kappa shape index (κ1) is 13.7. The molecule has 2 fully saturated rings. The van der Waals surface area contributed by atoms with Gasteiger partial charge in [-0.3, -0.25) is 4.79 Å². The molecule has 2 aliphatic rings. The van der Waals surface area contributed by atoms with Crippen molar-refractivity contribution in [2.24, 2.45) is 23.7 Å². The highest BCUT2D eigenvalue weighted by Gasteiger charge is 2.43. The molecule has 0 aliphatic heterocycles. The highest BCUT2D eigenvalue weighted by Crippen LogP contribution is 2.48. The molecule has 1 amide bonds. The van der Waals surface area contributed by atoms with Gasteiger partial charge in [-0.05, 0) is 42.6 Å². The second-order valence-corrected chi connectivity index (χ2v) is 6.92. The predicted molar refractivity (Wildman–Crippen MR) is 81.1 cm³/mol. The van der Waals surface area contributed by atoms with Crippen LogP contribution in [0.25, 0.3) is 0 Å². The van der Waals surface area contributed by atoms with Gasteiger partial charge in [0.25, 0.3) is 0 Å². The van der Waals surface area contributed by atoms with Crippen molar-refractivity contribution in [3.05, 3.63) is 35.9 Å². The zero-order chi connectivity index (χ0) is 14.1. The van der Waals surface area contributed by atoms with E-state index in [1.54, 1.807) is 0 Å². The molecule has 0 heterocycles. The smallest absolute Gasteiger partial charge is 0.223 e. The fraction of sp³-hybridized carbons (Fsp3) is 0.611. The summed E-state index contributed by atoms with van der Waals surface area (Å²) in [6.07, 6.45) is 5.02. The fourth-order valence-corrected chi connectivity index (χ4v) is 4.12. The Labute approximate surface area is 122 Å². The SMILES string of the molecule is CC(C)C(NC(=O)C1CC2CCC1C2)c1ccccc1. The molecular formula is C18H25NO. The van der Waals surface area contributed by atoms with Gasteiger partial charge in [-0.1, -0.05) is 50.6 Å². The first-order chi connectivity index (χ1) is 9.65. The van der Waals surface area contributed by atoms with Gasteiger partial charge in [0.15, 0.2) is 0 Å². The summed E-state index contributed by atoms with van der Waals surface area (Å²) in [6, 6.07) is 10.5. The van der Waals surface area contributed by atoms with Gasteiger partial charge in [-0.25, -0.2) is 0 Å². The second-order valence-electron chi connectivity index (χ2n) is 6.92. The summed E-state index contributed by atoms with van der Waals surface area (Å²) in [4.78, 5) is 12.6. The monoisotopic (exact) mass is 271 g/mol. The Kier molecular flexibility index (Phi) is 3.82. The van der Waals surface area contributed by atoms with E-state index in [4.69, 9.17) is 0 Å². The minimum Gasteiger partial charge on any atom is -0.349 e. The Morgan fingerprint density at radius 2 is 1.90 bits per heavy atom. The van der Waals surface area contributed by atoms with Gasteiger partial charge in [0.05, 0.1) is 6.04 Å². The van der Waals surface area contributed by atoms with Crippen molar-refractivity contribution in [3.8, 4) is 0 Å². The predicted octanol–water partition coefficient (Wildman–Crippen LogP) is 3.94. The molecule has 2 aliphatic carbocycles. The summed E-state index contributed by atoms with van der Waals surface area (Å²) >= 11 is 0. The number of amides is 1. The molecule has 20 heavy (non-hydrogen) atoms. The zero-order valence-electron chi connectivity index (χ0n) is 12.5. The van der Waals surface area contributed by atoms with Crippen LogP contribution in [-0.2, 0) is 4.79 Å². The van der Waals surface area contributed by atoms with Crippen LogP contribution in [0, 0.1) is 23.7 Å². The van der Waals surface area contributed by atoms with Crippen LogP contribution in [0.3, 0.4) is 0 Å². The molecule has 2 saturated carbocycles. The van der Waals surface area contributed by atoms with E-state index in [1.165, 1.54) is 24.8 Å². The topological polar surface area (TPSA) is 29.1 Å². The average Bonchev–Trinajstić information content (AvgIpc) is 3.07. The molecular weight excluding hydrogens is 246 g/mol.